The van der Waals surface area contributed by atoms with Gasteiger partial charge in [-0.1, -0.05) is 46.3 Å². The number of rotatable bonds is 2. The van der Waals surface area contributed by atoms with Crippen LogP contribution >= 0.6 is 15.9 Å². The average molecular weight is 356 g/mol. The van der Waals surface area contributed by atoms with Crippen molar-refractivity contribution in [1.82, 2.24) is 0 Å². The Morgan fingerprint density at radius 1 is 1.14 bits per heavy atom. The van der Waals surface area contributed by atoms with Gasteiger partial charge >= 0.3 is 0 Å². The molecule has 112 valence electrons. The number of benzene rings is 2. The van der Waals surface area contributed by atoms with Gasteiger partial charge in [-0.15, -0.1) is 0 Å². The number of halogens is 1. The van der Waals surface area contributed by atoms with E-state index in [9.17, 15) is 0 Å². The van der Waals surface area contributed by atoms with Crippen LogP contribution in [0.2, 0.25) is 0 Å². The standard InChI is InChI=1S/C19H18BrNO/c1-22-18-10-9-12(20)11-16(18)19-15-7-4-6-13(15)14-5-2-3-8-17(14)21-19/h2-6,8-11,13,15,19,21H,7H2,1H3/t13-,15+,19-/m1/s1. The normalized spacial score (nSPS) is 25.3. The molecule has 3 atom stereocenters. The molecule has 22 heavy (non-hydrogen) atoms. The highest BCUT2D eigenvalue weighted by molar-refractivity contribution is 9.10. The smallest absolute Gasteiger partial charge is 0.124 e. The minimum atomic E-state index is 0.266. The molecule has 1 aliphatic carbocycles. The van der Waals surface area contributed by atoms with E-state index in [4.69, 9.17) is 4.74 Å². The van der Waals surface area contributed by atoms with Gasteiger partial charge in [-0.2, -0.15) is 0 Å². The van der Waals surface area contributed by atoms with E-state index in [0.29, 0.717) is 11.8 Å². The fraction of sp³-hybridized carbons (Fsp3) is 0.263. The summed E-state index contributed by atoms with van der Waals surface area (Å²) in [5.74, 6) is 1.98. The highest BCUT2D eigenvalue weighted by atomic mass is 79.9. The summed E-state index contributed by atoms with van der Waals surface area (Å²) in [5.41, 5.74) is 3.87. The molecule has 0 amide bonds. The summed E-state index contributed by atoms with van der Waals surface area (Å²) in [6.07, 6.45) is 5.78. The Kier molecular flexibility index (Phi) is 3.45. The first-order chi connectivity index (χ1) is 10.8. The van der Waals surface area contributed by atoms with Crippen LogP contribution < -0.4 is 10.1 Å². The summed E-state index contributed by atoms with van der Waals surface area (Å²) in [6.45, 7) is 0. The maximum absolute atomic E-state index is 5.61. The fourth-order valence-electron chi connectivity index (χ4n) is 3.80. The van der Waals surface area contributed by atoms with Crippen LogP contribution in [0.25, 0.3) is 0 Å². The van der Waals surface area contributed by atoms with Crippen molar-refractivity contribution in [3.05, 3.63) is 70.2 Å². The summed E-state index contributed by atoms with van der Waals surface area (Å²) >= 11 is 3.60. The van der Waals surface area contributed by atoms with E-state index in [1.807, 2.05) is 12.1 Å². The molecule has 2 aliphatic rings. The van der Waals surface area contributed by atoms with Crippen LogP contribution in [0.15, 0.2) is 59.1 Å². The van der Waals surface area contributed by atoms with Gasteiger partial charge in [-0.05, 0) is 42.2 Å². The lowest BCUT2D eigenvalue weighted by molar-refractivity contribution is 0.381. The number of fused-ring (bicyclic) bond motifs is 3. The summed E-state index contributed by atoms with van der Waals surface area (Å²) in [6, 6.07) is 15.2. The Morgan fingerprint density at radius 3 is 2.86 bits per heavy atom. The van der Waals surface area contributed by atoms with Gasteiger partial charge in [0.05, 0.1) is 13.2 Å². The molecule has 0 unspecified atom stereocenters. The first-order valence-corrected chi connectivity index (χ1v) is 8.43. The molecule has 1 N–H and O–H groups in total. The molecule has 4 rings (SSSR count). The van der Waals surface area contributed by atoms with Crippen LogP contribution in [-0.4, -0.2) is 7.11 Å². The van der Waals surface area contributed by atoms with Gasteiger partial charge in [0, 0.05) is 21.6 Å². The molecule has 0 saturated heterocycles. The van der Waals surface area contributed by atoms with Gasteiger partial charge in [-0.3, -0.25) is 0 Å². The molecule has 1 heterocycles. The van der Waals surface area contributed by atoms with Gasteiger partial charge in [0.25, 0.3) is 0 Å². The van der Waals surface area contributed by atoms with Gasteiger partial charge in [0.1, 0.15) is 5.75 Å². The molecule has 1 aliphatic heterocycles. The summed E-state index contributed by atoms with van der Waals surface area (Å²) in [5, 5.41) is 3.75. The van der Waals surface area contributed by atoms with Crippen molar-refractivity contribution in [3.8, 4) is 5.75 Å². The van der Waals surface area contributed by atoms with Crippen molar-refractivity contribution in [3.63, 3.8) is 0 Å². The number of hydrogen-bond donors (Lipinski definition) is 1. The average Bonchev–Trinajstić information content (AvgIpc) is 3.04. The summed E-state index contributed by atoms with van der Waals surface area (Å²) < 4.78 is 6.70. The number of hydrogen-bond acceptors (Lipinski definition) is 2. The summed E-state index contributed by atoms with van der Waals surface area (Å²) in [7, 11) is 1.74. The van der Waals surface area contributed by atoms with E-state index < -0.39 is 0 Å². The van der Waals surface area contributed by atoms with Gasteiger partial charge in [0.15, 0.2) is 0 Å². The Balaban J connectivity index is 1.82. The van der Waals surface area contributed by atoms with E-state index in [2.05, 4.69) is 63.7 Å². The van der Waals surface area contributed by atoms with Gasteiger partial charge < -0.3 is 10.1 Å². The number of nitrogens with one attached hydrogen (secondary N) is 1. The molecule has 2 aromatic carbocycles. The van der Waals surface area contributed by atoms with Crippen LogP contribution in [0, 0.1) is 5.92 Å². The number of ether oxygens (including phenoxy) is 1. The highest BCUT2D eigenvalue weighted by Gasteiger charge is 2.38. The molecule has 0 radical (unpaired) electrons. The molecule has 0 saturated carbocycles. The SMILES string of the molecule is COc1ccc(Br)cc1[C@@H]1Nc2ccccc2[C@H]2C=CC[C@@H]21. The van der Waals surface area contributed by atoms with E-state index in [0.717, 1.165) is 16.6 Å². The molecular formula is C19H18BrNO. The predicted octanol–water partition coefficient (Wildman–Crippen LogP) is 5.28. The molecule has 2 nitrogen and oxygen atoms in total. The van der Waals surface area contributed by atoms with Gasteiger partial charge in [0.2, 0.25) is 0 Å². The first kappa shape index (κ1) is 13.9. The van der Waals surface area contributed by atoms with Crippen LogP contribution in [0.4, 0.5) is 5.69 Å². The largest absolute Gasteiger partial charge is 0.496 e. The van der Waals surface area contributed by atoms with Gasteiger partial charge in [-0.25, -0.2) is 0 Å². The molecule has 0 fully saturated rings. The van der Waals surface area contributed by atoms with E-state index >= 15 is 0 Å². The first-order valence-electron chi connectivity index (χ1n) is 7.63. The zero-order chi connectivity index (χ0) is 15.1. The van der Waals surface area contributed by atoms with Crippen molar-refractivity contribution in [2.24, 2.45) is 5.92 Å². The zero-order valence-electron chi connectivity index (χ0n) is 12.4. The minimum Gasteiger partial charge on any atom is -0.496 e. The number of methoxy groups -OCH3 is 1. The van der Waals surface area contributed by atoms with E-state index in [1.54, 1.807) is 7.11 Å². The van der Waals surface area contributed by atoms with Crippen molar-refractivity contribution in [2.75, 3.05) is 12.4 Å². The second-order valence-corrected chi connectivity index (χ2v) is 6.86. The van der Waals surface area contributed by atoms with E-state index in [1.165, 1.54) is 16.8 Å². The molecule has 2 aromatic rings. The Hall–Kier alpha value is -1.74. The van der Waals surface area contributed by atoms with Crippen molar-refractivity contribution in [2.45, 2.75) is 18.4 Å². The predicted molar refractivity (Wildman–Crippen MR) is 93.5 cm³/mol. The van der Waals surface area contributed by atoms with Crippen LogP contribution in [-0.2, 0) is 0 Å². The maximum Gasteiger partial charge on any atom is 0.124 e. The van der Waals surface area contributed by atoms with Crippen LogP contribution in [0.1, 0.15) is 29.5 Å². The van der Waals surface area contributed by atoms with Crippen LogP contribution in [0.5, 0.6) is 5.75 Å². The number of allylic oxidation sites excluding steroid dienone is 2. The maximum atomic E-state index is 5.61. The monoisotopic (exact) mass is 355 g/mol. The Morgan fingerprint density at radius 2 is 2.00 bits per heavy atom. The topological polar surface area (TPSA) is 21.3 Å². The lowest BCUT2D eigenvalue weighted by atomic mass is 9.77. The van der Waals surface area contributed by atoms with Crippen LogP contribution in [0.3, 0.4) is 0 Å². The molecule has 0 bridgehead atoms. The Labute approximate surface area is 139 Å². The second kappa shape index (κ2) is 5.47. The third-order valence-electron chi connectivity index (χ3n) is 4.80. The third kappa shape index (κ3) is 2.15. The van der Waals surface area contributed by atoms with Crippen molar-refractivity contribution in [1.29, 1.82) is 0 Å². The summed E-state index contributed by atoms with van der Waals surface area (Å²) in [4.78, 5) is 0. The fourth-order valence-corrected chi connectivity index (χ4v) is 4.18. The number of anilines is 1. The molecule has 3 heteroatoms. The minimum absolute atomic E-state index is 0.266. The molecule has 0 aromatic heterocycles. The van der Waals surface area contributed by atoms with Crippen molar-refractivity contribution >= 4 is 21.6 Å². The molecular weight excluding hydrogens is 338 g/mol. The lowest BCUT2D eigenvalue weighted by Crippen LogP contribution is -2.29. The zero-order valence-corrected chi connectivity index (χ0v) is 14.0. The Bertz CT molecular complexity index is 740. The second-order valence-electron chi connectivity index (χ2n) is 5.95. The number of para-hydroxylation sites is 1. The quantitative estimate of drug-likeness (QED) is 0.739. The van der Waals surface area contributed by atoms with Crippen molar-refractivity contribution < 1.29 is 4.74 Å². The highest BCUT2D eigenvalue weighted by Crippen LogP contribution is 2.51. The molecule has 0 spiro atoms. The third-order valence-corrected chi connectivity index (χ3v) is 5.29. The van der Waals surface area contributed by atoms with E-state index in [-0.39, 0.29) is 6.04 Å². The lowest BCUT2D eigenvalue weighted by Gasteiger charge is -2.38.